The summed E-state index contributed by atoms with van der Waals surface area (Å²) in [6.07, 6.45) is 21.8. The maximum atomic E-state index is 12.5. The van der Waals surface area contributed by atoms with Gasteiger partial charge in [-0.3, -0.25) is 4.79 Å². The predicted molar refractivity (Wildman–Crippen MR) is 105 cm³/mol. The Morgan fingerprint density at radius 2 is 1.64 bits per heavy atom. The number of unbranched alkanes of at least 4 members (excludes halogenated alkanes) is 3. The van der Waals surface area contributed by atoms with Gasteiger partial charge in [0.25, 0.3) is 0 Å². The first kappa shape index (κ1) is 20.5. The molecular weight excluding hydrogens is 308 g/mol. The standard InChI is InChI=1S/C23H40O2/c1-3-5-7-9-19-11-15-21(16-12-19)23(24)25-22-17-13-20(14-18-22)10-8-6-4-2/h8,10,19-22H,3-7,9,11-18H2,1-2H3/b10-8+/t19-,20?,21-,22?. The molecule has 0 aliphatic heterocycles. The SMILES string of the molecule is CCC/C=C/C1CCC(OC(=O)[C@H]2CC[C@H](CCCCC)CC2)CC1. The third-order valence-corrected chi connectivity index (χ3v) is 6.26. The minimum atomic E-state index is 0.108. The Balaban J connectivity index is 1.61. The van der Waals surface area contributed by atoms with Crippen LogP contribution in [0.2, 0.25) is 0 Å². The van der Waals surface area contributed by atoms with E-state index < -0.39 is 0 Å². The summed E-state index contributed by atoms with van der Waals surface area (Å²) in [4.78, 5) is 12.5. The lowest BCUT2D eigenvalue weighted by molar-refractivity contribution is -0.157. The Morgan fingerprint density at radius 1 is 0.920 bits per heavy atom. The summed E-state index contributed by atoms with van der Waals surface area (Å²) in [6, 6.07) is 0. The van der Waals surface area contributed by atoms with Crippen LogP contribution in [0.5, 0.6) is 0 Å². The number of carbonyl (C=O) groups excluding carboxylic acids is 1. The van der Waals surface area contributed by atoms with Gasteiger partial charge in [0.2, 0.25) is 0 Å². The van der Waals surface area contributed by atoms with Gasteiger partial charge in [0.1, 0.15) is 6.10 Å². The summed E-state index contributed by atoms with van der Waals surface area (Å²) in [5.41, 5.74) is 0. The highest BCUT2D eigenvalue weighted by Gasteiger charge is 2.30. The fourth-order valence-corrected chi connectivity index (χ4v) is 4.48. The topological polar surface area (TPSA) is 26.3 Å². The highest BCUT2D eigenvalue weighted by Crippen LogP contribution is 2.34. The summed E-state index contributed by atoms with van der Waals surface area (Å²) in [5, 5.41) is 0. The molecule has 0 radical (unpaired) electrons. The quantitative estimate of drug-likeness (QED) is 0.259. The summed E-state index contributed by atoms with van der Waals surface area (Å²) in [7, 11) is 0. The van der Waals surface area contributed by atoms with Crippen molar-refractivity contribution in [3.05, 3.63) is 12.2 Å². The minimum Gasteiger partial charge on any atom is -0.462 e. The fraction of sp³-hybridized carbons (Fsp3) is 0.870. The molecule has 0 spiro atoms. The van der Waals surface area contributed by atoms with E-state index in [1.54, 1.807) is 0 Å². The molecule has 2 heteroatoms. The third-order valence-electron chi connectivity index (χ3n) is 6.26. The largest absolute Gasteiger partial charge is 0.462 e. The average Bonchev–Trinajstić information content (AvgIpc) is 2.64. The van der Waals surface area contributed by atoms with E-state index >= 15 is 0 Å². The van der Waals surface area contributed by atoms with E-state index in [2.05, 4.69) is 26.0 Å². The molecule has 0 aromatic heterocycles. The van der Waals surface area contributed by atoms with Crippen molar-refractivity contribution in [2.75, 3.05) is 0 Å². The number of carbonyl (C=O) groups is 1. The van der Waals surface area contributed by atoms with Crippen molar-refractivity contribution in [3.63, 3.8) is 0 Å². The van der Waals surface area contributed by atoms with Crippen LogP contribution in [0.25, 0.3) is 0 Å². The highest BCUT2D eigenvalue weighted by molar-refractivity contribution is 5.72. The molecule has 2 rings (SSSR count). The van der Waals surface area contributed by atoms with Crippen LogP contribution in [0, 0.1) is 17.8 Å². The Morgan fingerprint density at radius 3 is 2.28 bits per heavy atom. The zero-order valence-electron chi connectivity index (χ0n) is 16.7. The molecule has 0 heterocycles. The molecule has 0 unspecified atom stereocenters. The number of allylic oxidation sites excluding steroid dienone is 2. The number of esters is 1. The maximum absolute atomic E-state index is 12.5. The van der Waals surface area contributed by atoms with E-state index in [0.29, 0.717) is 5.92 Å². The normalized spacial score (nSPS) is 30.5. The average molecular weight is 349 g/mol. The minimum absolute atomic E-state index is 0.108. The number of ether oxygens (including phenoxy) is 1. The van der Waals surface area contributed by atoms with E-state index in [-0.39, 0.29) is 18.0 Å². The summed E-state index contributed by atoms with van der Waals surface area (Å²) < 4.78 is 5.88. The molecule has 2 saturated carbocycles. The van der Waals surface area contributed by atoms with Gasteiger partial charge in [-0.25, -0.2) is 0 Å². The van der Waals surface area contributed by atoms with E-state index in [4.69, 9.17) is 4.74 Å². The Hall–Kier alpha value is -0.790. The van der Waals surface area contributed by atoms with Gasteiger partial charge in [-0.05, 0) is 69.6 Å². The number of hydrogen-bond donors (Lipinski definition) is 0. The molecule has 0 amide bonds. The van der Waals surface area contributed by atoms with Crippen LogP contribution in [0.4, 0.5) is 0 Å². The molecule has 0 atom stereocenters. The zero-order valence-corrected chi connectivity index (χ0v) is 16.7. The van der Waals surface area contributed by atoms with Crippen molar-refractivity contribution < 1.29 is 9.53 Å². The molecule has 25 heavy (non-hydrogen) atoms. The van der Waals surface area contributed by atoms with Gasteiger partial charge in [0.15, 0.2) is 0 Å². The van der Waals surface area contributed by atoms with Gasteiger partial charge in [-0.2, -0.15) is 0 Å². The Bertz CT molecular complexity index is 385. The first-order chi connectivity index (χ1) is 12.2. The summed E-state index contributed by atoms with van der Waals surface area (Å²) in [5.74, 6) is 1.86. The molecule has 0 aromatic rings. The molecule has 0 N–H and O–H groups in total. The zero-order chi connectivity index (χ0) is 17.9. The Labute approximate surface area is 155 Å². The molecule has 0 bridgehead atoms. The van der Waals surface area contributed by atoms with Crippen molar-refractivity contribution in [2.24, 2.45) is 17.8 Å². The summed E-state index contributed by atoms with van der Waals surface area (Å²) >= 11 is 0. The van der Waals surface area contributed by atoms with Crippen LogP contribution in [0.3, 0.4) is 0 Å². The van der Waals surface area contributed by atoms with Crippen molar-refractivity contribution in [1.29, 1.82) is 0 Å². The third kappa shape index (κ3) is 7.54. The summed E-state index contributed by atoms with van der Waals surface area (Å²) in [6.45, 7) is 4.49. The van der Waals surface area contributed by atoms with Crippen molar-refractivity contribution in [2.45, 2.75) is 110 Å². The molecule has 2 nitrogen and oxygen atoms in total. The van der Waals surface area contributed by atoms with Crippen LogP contribution in [0.15, 0.2) is 12.2 Å². The smallest absolute Gasteiger partial charge is 0.309 e. The van der Waals surface area contributed by atoms with Gasteiger partial charge >= 0.3 is 5.97 Å². The molecular formula is C23H40O2. The lowest BCUT2D eigenvalue weighted by atomic mass is 9.79. The maximum Gasteiger partial charge on any atom is 0.309 e. The predicted octanol–water partition coefficient (Wildman–Crippen LogP) is 6.83. The van der Waals surface area contributed by atoms with Gasteiger partial charge in [-0.1, -0.05) is 58.1 Å². The molecule has 0 aromatic carbocycles. The van der Waals surface area contributed by atoms with E-state index in [1.807, 2.05) is 0 Å². The monoisotopic (exact) mass is 348 g/mol. The van der Waals surface area contributed by atoms with Crippen LogP contribution >= 0.6 is 0 Å². The van der Waals surface area contributed by atoms with E-state index in [1.165, 1.54) is 64.2 Å². The van der Waals surface area contributed by atoms with Gasteiger partial charge < -0.3 is 4.74 Å². The fourth-order valence-electron chi connectivity index (χ4n) is 4.48. The lowest BCUT2D eigenvalue weighted by Gasteiger charge is -2.31. The van der Waals surface area contributed by atoms with Gasteiger partial charge in [0.05, 0.1) is 5.92 Å². The molecule has 0 saturated heterocycles. The van der Waals surface area contributed by atoms with Gasteiger partial charge in [-0.15, -0.1) is 0 Å². The Kier molecular flexibility index (Phi) is 9.65. The van der Waals surface area contributed by atoms with Gasteiger partial charge in [0, 0.05) is 0 Å². The van der Waals surface area contributed by atoms with Crippen LogP contribution in [-0.4, -0.2) is 12.1 Å². The highest BCUT2D eigenvalue weighted by atomic mass is 16.5. The van der Waals surface area contributed by atoms with Crippen molar-refractivity contribution >= 4 is 5.97 Å². The van der Waals surface area contributed by atoms with Crippen molar-refractivity contribution in [3.8, 4) is 0 Å². The number of rotatable bonds is 9. The second-order valence-corrected chi connectivity index (χ2v) is 8.40. The number of hydrogen-bond acceptors (Lipinski definition) is 2. The van der Waals surface area contributed by atoms with E-state index in [0.717, 1.165) is 31.6 Å². The van der Waals surface area contributed by atoms with Crippen LogP contribution < -0.4 is 0 Å². The first-order valence-electron chi connectivity index (χ1n) is 11.1. The van der Waals surface area contributed by atoms with Crippen LogP contribution in [-0.2, 0) is 9.53 Å². The molecule has 144 valence electrons. The van der Waals surface area contributed by atoms with Crippen molar-refractivity contribution in [1.82, 2.24) is 0 Å². The second kappa shape index (κ2) is 11.8. The first-order valence-corrected chi connectivity index (χ1v) is 11.1. The molecule has 2 fully saturated rings. The molecule has 2 aliphatic rings. The van der Waals surface area contributed by atoms with Crippen LogP contribution in [0.1, 0.15) is 104 Å². The lowest BCUT2D eigenvalue weighted by Crippen LogP contribution is -2.30. The van der Waals surface area contributed by atoms with E-state index in [9.17, 15) is 4.79 Å². The second-order valence-electron chi connectivity index (χ2n) is 8.40. The molecule has 2 aliphatic carbocycles.